The first-order valence-corrected chi connectivity index (χ1v) is 10.5. The van der Waals surface area contributed by atoms with Crippen molar-refractivity contribution in [1.29, 1.82) is 0 Å². The van der Waals surface area contributed by atoms with Gasteiger partial charge in [0.25, 0.3) is 5.69 Å². The lowest BCUT2D eigenvalue weighted by molar-refractivity contribution is -0.384. The highest BCUT2D eigenvalue weighted by molar-refractivity contribution is 7.89. The van der Waals surface area contributed by atoms with E-state index in [2.05, 4.69) is 12.7 Å². The van der Waals surface area contributed by atoms with Crippen LogP contribution in [0.2, 0.25) is 0 Å². The Morgan fingerprint density at radius 2 is 2.00 bits per heavy atom. The summed E-state index contributed by atoms with van der Waals surface area (Å²) in [7, 11) is -3.74. The number of sulfonamides is 1. The lowest BCUT2D eigenvalue weighted by Gasteiger charge is -2.35. The molecule has 4 aliphatic rings. The predicted octanol–water partition coefficient (Wildman–Crippen LogP) is 3.41. The lowest BCUT2D eigenvalue weighted by atomic mass is 9.78. The molecule has 3 fully saturated rings. The zero-order valence-corrected chi connectivity index (χ0v) is 15.2. The third-order valence-electron chi connectivity index (χ3n) is 7.07. The first-order valence-electron chi connectivity index (χ1n) is 9.02. The highest BCUT2D eigenvalue weighted by Crippen LogP contribution is 2.71. The summed E-state index contributed by atoms with van der Waals surface area (Å²) in [5.74, 6) is 0.296. The maximum absolute atomic E-state index is 13.4. The molecule has 136 valence electrons. The van der Waals surface area contributed by atoms with Gasteiger partial charge in [0, 0.05) is 24.1 Å². The number of hydrogen-bond acceptors (Lipinski definition) is 4. The quantitative estimate of drug-likeness (QED) is 0.463. The summed E-state index contributed by atoms with van der Waals surface area (Å²) in [5.41, 5.74) is 1.77. The molecule has 0 aromatic heterocycles. The molecule has 1 aromatic carbocycles. The number of benzene rings is 1. The molecule has 1 saturated heterocycles. The molecule has 3 atom stereocenters. The molecular formula is C19H20N2O4S. The predicted molar refractivity (Wildman–Crippen MR) is 96.0 cm³/mol. The number of nitrogens with zero attached hydrogens (tertiary/aromatic N) is 2. The largest absolute Gasteiger partial charge is 0.269 e. The summed E-state index contributed by atoms with van der Waals surface area (Å²) in [6, 6.07) is 5.19. The molecule has 2 spiro atoms. The van der Waals surface area contributed by atoms with E-state index in [0.717, 1.165) is 37.7 Å². The Morgan fingerprint density at radius 3 is 2.69 bits per heavy atom. The molecule has 7 heteroatoms. The third kappa shape index (κ3) is 1.68. The topological polar surface area (TPSA) is 80.5 Å². The average Bonchev–Trinajstić information content (AvgIpc) is 3.30. The van der Waals surface area contributed by atoms with Crippen molar-refractivity contribution in [1.82, 2.24) is 4.31 Å². The zero-order chi connectivity index (χ0) is 18.3. The van der Waals surface area contributed by atoms with Gasteiger partial charge < -0.3 is 0 Å². The number of rotatable bonds is 3. The third-order valence-corrected chi connectivity index (χ3v) is 9.00. The smallest absolute Gasteiger partial charge is 0.258 e. The highest BCUT2D eigenvalue weighted by Gasteiger charge is 2.69. The fourth-order valence-corrected chi connectivity index (χ4v) is 7.75. The molecule has 0 N–H and O–H groups in total. The Bertz CT molecular complexity index is 981. The van der Waals surface area contributed by atoms with Gasteiger partial charge in [0.2, 0.25) is 10.0 Å². The Balaban J connectivity index is 1.59. The zero-order valence-electron chi connectivity index (χ0n) is 14.3. The van der Waals surface area contributed by atoms with Crippen LogP contribution in [-0.4, -0.2) is 29.7 Å². The molecule has 0 amide bonds. The molecule has 5 rings (SSSR count). The minimum Gasteiger partial charge on any atom is -0.258 e. The summed E-state index contributed by atoms with van der Waals surface area (Å²) >= 11 is 0. The Morgan fingerprint density at radius 1 is 1.27 bits per heavy atom. The Labute approximate surface area is 152 Å². The molecule has 6 nitrogen and oxygen atoms in total. The first-order chi connectivity index (χ1) is 12.3. The van der Waals surface area contributed by atoms with Gasteiger partial charge in [-0.2, -0.15) is 4.31 Å². The fraction of sp³-hybridized carbons (Fsp3) is 0.474. The van der Waals surface area contributed by atoms with Crippen molar-refractivity contribution < 1.29 is 13.3 Å². The van der Waals surface area contributed by atoms with Crippen LogP contribution in [0.15, 0.2) is 53.0 Å². The Hall–Kier alpha value is -1.99. The average molecular weight is 372 g/mol. The maximum Gasteiger partial charge on any atom is 0.269 e. The monoisotopic (exact) mass is 372 g/mol. The summed E-state index contributed by atoms with van der Waals surface area (Å²) in [6.07, 6.45) is 7.34. The molecule has 1 aromatic rings. The van der Waals surface area contributed by atoms with E-state index in [9.17, 15) is 18.5 Å². The number of non-ortho nitro benzene ring substituents is 1. The van der Waals surface area contributed by atoms with Gasteiger partial charge in [0.05, 0.1) is 15.4 Å². The number of nitro groups is 1. The SMILES string of the molecule is C=C1[C@]23CCCC2=C[C@@]12[C@H](CCN2S(=O)(=O)c1ccc([N+](=O)[O-])cc1)C3. The number of allylic oxidation sites excluding steroid dienone is 1. The van der Waals surface area contributed by atoms with E-state index < -0.39 is 20.5 Å². The van der Waals surface area contributed by atoms with Crippen LogP contribution in [0.3, 0.4) is 0 Å². The van der Waals surface area contributed by atoms with Crippen LogP contribution in [0.4, 0.5) is 5.69 Å². The maximum atomic E-state index is 13.4. The van der Waals surface area contributed by atoms with Gasteiger partial charge in [-0.1, -0.05) is 18.2 Å². The summed E-state index contributed by atoms with van der Waals surface area (Å²) in [6.45, 7) is 4.87. The van der Waals surface area contributed by atoms with Crippen molar-refractivity contribution in [2.24, 2.45) is 11.3 Å². The van der Waals surface area contributed by atoms with Crippen molar-refractivity contribution in [3.8, 4) is 0 Å². The van der Waals surface area contributed by atoms with Gasteiger partial charge in [0.15, 0.2) is 0 Å². The highest BCUT2D eigenvalue weighted by atomic mass is 32.2. The molecule has 2 bridgehead atoms. The van der Waals surface area contributed by atoms with Crippen LogP contribution in [0.25, 0.3) is 0 Å². The van der Waals surface area contributed by atoms with Crippen molar-refractivity contribution >= 4 is 15.7 Å². The standard InChI is InChI=1S/C19H20N2O4S/c1-13-18-9-2-3-14(18)12-19(13)15(11-18)8-10-20(19)26(24,25)17-6-4-16(5-7-17)21(22)23/h4-7,12,15H,1-3,8-11H2/t15-,18-,19+/m1/s1. The van der Waals surface area contributed by atoms with Gasteiger partial charge in [0.1, 0.15) is 0 Å². The summed E-state index contributed by atoms with van der Waals surface area (Å²) < 4.78 is 28.4. The van der Waals surface area contributed by atoms with Crippen LogP contribution < -0.4 is 0 Å². The molecule has 1 heterocycles. The van der Waals surface area contributed by atoms with Gasteiger partial charge in [-0.3, -0.25) is 10.1 Å². The van der Waals surface area contributed by atoms with Crippen molar-refractivity contribution in [2.75, 3.05) is 6.54 Å². The van der Waals surface area contributed by atoms with Crippen molar-refractivity contribution in [2.45, 2.75) is 42.5 Å². The van der Waals surface area contributed by atoms with Gasteiger partial charge >= 0.3 is 0 Å². The summed E-state index contributed by atoms with van der Waals surface area (Å²) in [5, 5.41) is 10.9. The van der Waals surface area contributed by atoms with E-state index in [-0.39, 0.29) is 16.0 Å². The molecular weight excluding hydrogens is 352 g/mol. The minimum absolute atomic E-state index is 0.0222. The molecule has 2 saturated carbocycles. The molecule has 0 radical (unpaired) electrons. The molecule has 3 aliphatic carbocycles. The van der Waals surface area contributed by atoms with Crippen LogP contribution in [-0.2, 0) is 10.0 Å². The van der Waals surface area contributed by atoms with E-state index in [1.807, 2.05) is 0 Å². The van der Waals surface area contributed by atoms with Gasteiger partial charge in [-0.15, -0.1) is 0 Å². The normalized spacial score (nSPS) is 35.5. The van der Waals surface area contributed by atoms with Gasteiger partial charge in [-0.25, -0.2) is 8.42 Å². The first kappa shape index (κ1) is 16.2. The lowest BCUT2D eigenvalue weighted by Crippen LogP contribution is -2.47. The minimum atomic E-state index is -3.74. The van der Waals surface area contributed by atoms with Crippen LogP contribution >= 0.6 is 0 Å². The fourth-order valence-electron chi connectivity index (χ4n) is 5.96. The van der Waals surface area contributed by atoms with E-state index in [4.69, 9.17) is 0 Å². The molecule has 1 aliphatic heterocycles. The summed E-state index contributed by atoms with van der Waals surface area (Å²) in [4.78, 5) is 10.4. The van der Waals surface area contributed by atoms with Crippen LogP contribution in [0.5, 0.6) is 0 Å². The van der Waals surface area contributed by atoms with Crippen molar-refractivity contribution in [3.05, 3.63) is 58.2 Å². The number of hydrogen-bond donors (Lipinski definition) is 0. The Kier molecular flexibility index (Phi) is 3.01. The number of nitro benzene ring substituents is 1. The molecule has 26 heavy (non-hydrogen) atoms. The second kappa shape index (κ2) is 4.84. The van der Waals surface area contributed by atoms with Crippen LogP contribution in [0, 0.1) is 21.4 Å². The van der Waals surface area contributed by atoms with E-state index in [1.54, 1.807) is 4.31 Å². The van der Waals surface area contributed by atoms with Gasteiger partial charge in [-0.05, 0) is 55.7 Å². The second-order valence-electron chi connectivity index (χ2n) is 7.93. The van der Waals surface area contributed by atoms with Crippen LogP contribution in [0.1, 0.15) is 32.1 Å². The van der Waals surface area contributed by atoms with E-state index >= 15 is 0 Å². The second-order valence-corrected chi connectivity index (χ2v) is 9.79. The van der Waals surface area contributed by atoms with E-state index in [1.165, 1.54) is 29.8 Å². The van der Waals surface area contributed by atoms with E-state index in [0.29, 0.717) is 12.5 Å². The molecule has 0 unspecified atom stereocenters. The van der Waals surface area contributed by atoms with Crippen molar-refractivity contribution in [3.63, 3.8) is 0 Å².